The summed E-state index contributed by atoms with van der Waals surface area (Å²) in [5.74, 6) is 1.76. The van der Waals surface area contributed by atoms with Gasteiger partial charge in [-0.05, 0) is 86.8 Å². The highest BCUT2D eigenvalue weighted by molar-refractivity contribution is 7.98. The van der Waals surface area contributed by atoms with E-state index < -0.39 is 0 Å². The van der Waals surface area contributed by atoms with Gasteiger partial charge in [-0.3, -0.25) is 4.79 Å². The van der Waals surface area contributed by atoms with Crippen LogP contribution in [-0.2, 0) is 5.75 Å². The predicted molar refractivity (Wildman–Crippen MR) is 119 cm³/mol. The number of carbonyl (C=O) groups is 1. The van der Waals surface area contributed by atoms with Crippen molar-refractivity contribution in [2.45, 2.75) is 36.8 Å². The molecule has 1 aliphatic rings. The molecule has 0 saturated carbocycles. The molecule has 1 heterocycles. The first-order valence-corrected chi connectivity index (χ1v) is 11.4. The number of hydrogen-bond donors (Lipinski definition) is 1. The number of benzene rings is 2. The Morgan fingerprint density at radius 3 is 2.46 bits per heavy atom. The van der Waals surface area contributed by atoms with Crippen molar-refractivity contribution < 1.29 is 4.79 Å². The van der Waals surface area contributed by atoms with Gasteiger partial charge in [-0.1, -0.05) is 30.7 Å². The lowest BCUT2D eigenvalue weighted by atomic mass is 9.99. The number of carbonyl (C=O) groups excluding carboxylic acids is 1. The highest BCUT2D eigenvalue weighted by atomic mass is 35.5. The molecule has 1 N–H and O–H groups in total. The van der Waals surface area contributed by atoms with Gasteiger partial charge in [0.05, 0.1) is 0 Å². The van der Waals surface area contributed by atoms with Crippen molar-refractivity contribution in [3.05, 3.63) is 64.7 Å². The number of nitrogens with zero attached hydrogens (tertiary/aromatic N) is 1. The SMILES string of the molecule is CC1CCN(CCCNC(=O)c2ccc(CSc3ccc(Cl)cc3)cc2)CC1. The van der Waals surface area contributed by atoms with Gasteiger partial charge in [-0.25, -0.2) is 0 Å². The van der Waals surface area contributed by atoms with Crippen LogP contribution in [0.3, 0.4) is 0 Å². The summed E-state index contributed by atoms with van der Waals surface area (Å²) >= 11 is 7.68. The molecule has 0 spiro atoms. The zero-order valence-electron chi connectivity index (χ0n) is 16.5. The molecule has 1 saturated heterocycles. The average Bonchev–Trinajstić information content (AvgIpc) is 2.72. The highest BCUT2D eigenvalue weighted by Gasteiger charge is 2.15. The zero-order valence-corrected chi connectivity index (χ0v) is 18.1. The first kappa shape index (κ1) is 21.2. The minimum Gasteiger partial charge on any atom is -0.352 e. The summed E-state index contributed by atoms with van der Waals surface area (Å²) in [6.45, 7) is 6.54. The normalized spacial score (nSPS) is 15.5. The highest BCUT2D eigenvalue weighted by Crippen LogP contribution is 2.24. The van der Waals surface area contributed by atoms with Crippen LogP contribution in [0.15, 0.2) is 53.4 Å². The van der Waals surface area contributed by atoms with E-state index in [1.165, 1.54) is 36.4 Å². The maximum atomic E-state index is 12.3. The first-order valence-electron chi connectivity index (χ1n) is 10.1. The van der Waals surface area contributed by atoms with Gasteiger partial charge in [-0.2, -0.15) is 0 Å². The van der Waals surface area contributed by atoms with Crippen molar-refractivity contribution in [2.75, 3.05) is 26.2 Å². The van der Waals surface area contributed by atoms with E-state index in [0.29, 0.717) is 0 Å². The smallest absolute Gasteiger partial charge is 0.251 e. The van der Waals surface area contributed by atoms with E-state index in [2.05, 4.69) is 17.1 Å². The maximum absolute atomic E-state index is 12.3. The quantitative estimate of drug-likeness (QED) is 0.456. The van der Waals surface area contributed by atoms with Crippen molar-refractivity contribution >= 4 is 29.3 Å². The van der Waals surface area contributed by atoms with Gasteiger partial charge in [0.2, 0.25) is 0 Å². The Labute approximate surface area is 177 Å². The molecule has 0 radical (unpaired) electrons. The third-order valence-corrected chi connectivity index (χ3v) is 6.58. The van der Waals surface area contributed by atoms with E-state index >= 15 is 0 Å². The van der Waals surface area contributed by atoms with Crippen LogP contribution >= 0.6 is 23.4 Å². The minimum absolute atomic E-state index is 0.0178. The Kier molecular flexibility index (Phi) is 8.26. The Morgan fingerprint density at radius 1 is 1.11 bits per heavy atom. The second-order valence-electron chi connectivity index (χ2n) is 7.57. The van der Waals surface area contributed by atoms with E-state index in [9.17, 15) is 4.79 Å². The van der Waals surface area contributed by atoms with Crippen LogP contribution in [0.2, 0.25) is 5.02 Å². The van der Waals surface area contributed by atoms with Gasteiger partial charge in [0.15, 0.2) is 0 Å². The van der Waals surface area contributed by atoms with Crippen molar-refractivity contribution in [3.63, 3.8) is 0 Å². The molecule has 3 nitrogen and oxygen atoms in total. The molecule has 150 valence electrons. The van der Waals surface area contributed by atoms with Crippen LogP contribution in [0.4, 0.5) is 0 Å². The van der Waals surface area contributed by atoms with Crippen LogP contribution in [0, 0.1) is 5.92 Å². The molecule has 1 amide bonds. The van der Waals surface area contributed by atoms with Crippen molar-refractivity contribution in [2.24, 2.45) is 5.92 Å². The molecular weight excluding hydrogens is 388 g/mol. The standard InChI is InChI=1S/C23H29ClN2OS/c1-18-11-15-26(16-12-18)14-2-13-25-23(27)20-5-3-19(4-6-20)17-28-22-9-7-21(24)8-10-22/h3-10,18H,2,11-17H2,1H3,(H,25,27). The van der Waals surface area contributed by atoms with Crippen molar-refractivity contribution in [1.82, 2.24) is 10.2 Å². The number of likely N-dealkylation sites (tertiary alicyclic amines) is 1. The third-order valence-electron chi connectivity index (χ3n) is 5.25. The topological polar surface area (TPSA) is 32.3 Å². The molecule has 0 atom stereocenters. The Morgan fingerprint density at radius 2 is 1.79 bits per heavy atom. The number of hydrogen-bond acceptors (Lipinski definition) is 3. The molecule has 2 aromatic carbocycles. The van der Waals surface area contributed by atoms with Crippen molar-refractivity contribution in [3.8, 4) is 0 Å². The molecular formula is C23H29ClN2OS. The van der Waals surface area contributed by atoms with Crippen LogP contribution in [-0.4, -0.2) is 37.0 Å². The van der Waals surface area contributed by atoms with Crippen molar-refractivity contribution in [1.29, 1.82) is 0 Å². The first-order chi connectivity index (χ1) is 13.6. The lowest BCUT2D eigenvalue weighted by Crippen LogP contribution is -2.35. The molecule has 0 aliphatic carbocycles. The van der Waals surface area contributed by atoms with Gasteiger partial charge in [0, 0.05) is 27.8 Å². The third kappa shape index (κ3) is 6.84. The summed E-state index contributed by atoms with van der Waals surface area (Å²) in [6, 6.07) is 15.8. The zero-order chi connectivity index (χ0) is 19.8. The summed E-state index contributed by atoms with van der Waals surface area (Å²) in [7, 11) is 0. The largest absolute Gasteiger partial charge is 0.352 e. The molecule has 5 heteroatoms. The molecule has 3 rings (SSSR count). The van der Waals surface area contributed by atoms with Gasteiger partial charge < -0.3 is 10.2 Å². The van der Waals surface area contributed by atoms with Crippen LogP contribution in [0.25, 0.3) is 0 Å². The van der Waals surface area contributed by atoms with E-state index in [1.54, 1.807) is 11.8 Å². The summed E-state index contributed by atoms with van der Waals surface area (Å²) < 4.78 is 0. The maximum Gasteiger partial charge on any atom is 0.251 e. The number of nitrogens with one attached hydrogen (secondary N) is 1. The lowest BCUT2D eigenvalue weighted by molar-refractivity contribution is 0.0950. The fraction of sp³-hybridized carbons (Fsp3) is 0.435. The van der Waals surface area contributed by atoms with Crippen LogP contribution in [0.1, 0.15) is 42.1 Å². The Bertz CT molecular complexity index is 740. The molecule has 1 aliphatic heterocycles. The van der Waals surface area contributed by atoms with Gasteiger partial charge >= 0.3 is 0 Å². The van der Waals surface area contributed by atoms with E-state index in [4.69, 9.17) is 11.6 Å². The van der Waals surface area contributed by atoms with Gasteiger partial charge in [-0.15, -0.1) is 11.8 Å². The molecule has 2 aromatic rings. The number of halogens is 1. The molecule has 0 bridgehead atoms. The lowest BCUT2D eigenvalue weighted by Gasteiger charge is -2.30. The fourth-order valence-electron chi connectivity index (χ4n) is 3.34. The minimum atomic E-state index is 0.0178. The average molecular weight is 417 g/mol. The predicted octanol–water partition coefficient (Wildman–Crippen LogP) is 5.48. The fourth-order valence-corrected chi connectivity index (χ4v) is 4.32. The van der Waals surface area contributed by atoms with E-state index in [0.717, 1.165) is 41.8 Å². The summed E-state index contributed by atoms with van der Waals surface area (Å²) in [6.07, 6.45) is 3.61. The number of thioether (sulfide) groups is 1. The summed E-state index contributed by atoms with van der Waals surface area (Å²) in [4.78, 5) is 16.0. The summed E-state index contributed by atoms with van der Waals surface area (Å²) in [5.41, 5.74) is 1.93. The number of rotatable bonds is 8. The monoisotopic (exact) mass is 416 g/mol. The molecule has 0 aromatic heterocycles. The molecule has 28 heavy (non-hydrogen) atoms. The number of piperidine rings is 1. The van der Waals surface area contributed by atoms with Gasteiger partial charge in [0.1, 0.15) is 0 Å². The second kappa shape index (κ2) is 10.9. The van der Waals surface area contributed by atoms with Crippen LogP contribution < -0.4 is 5.32 Å². The molecule has 1 fully saturated rings. The van der Waals surface area contributed by atoms with Gasteiger partial charge in [0.25, 0.3) is 5.91 Å². The Balaban J connectivity index is 1.36. The second-order valence-corrected chi connectivity index (χ2v) is 9.06. The van der Waals surface area contributed by atoms with E-state index in [1.807, 2.05) is 48.5 Å². The Hall–Kier alpha value is -1.49. The van der Waals surface area contributed by atoms with E-state index in [-0.39, 0.29) is 5.91 Å². The van der Waals surface area contributed by atoms with Crippen LogP contribution in [0.5, 0.6) is 0 Å². The summed E-state index contributed by atoms with van der Waals surface area (Å²) in [5, 5.41) is 3.80. The number of amides is 1. The molecule has 0 unspecified atom stereocenters.